The van der Waals surface area contributed by atoms with E-state index in [0.717, 1.165) is 65.2 Å². The van der Waals surface area contributed by atoms with E-state index in [9.17, 15) is 91.0 Å². The zero-order chi connectivity index (χ0) is 79.6. The van der Waals surface area contributed by atoms with E-state index < -0.39 is 217 Å². The molecule has 5 rings (SSSR count). The predicted octanol–water partition coefficient (Wildman–Crippen LogP) is 2.65. The van der Waals surface area contributed by atoms with Crippen LogP contribution in [0.1, 0.15) is 246 Å². The predicted molar refractivity (Wildman–Crippen MR) is 398 cm³/mol. The van der Waals surface area contributed by atoms with Crippen molar-refractivity contribution < 1.29 is 138 Å². The van der Waals surface area contributed by atoms with Crippen molar-refractivity contribution >= 4 is 17.7 Å². The average molecular weight is 1570 g/mol. The van der Waals surface area contributed by atoms with Gasteiger partial charge >= 0.3 is 0 Å². The Kier molecular flexibility index (Phi) is 48.4. The lowest BCUT2D eigenvalue weighted by Crippen LogP contribution is -2.71. The van der Waals surface area contributed by atoms with Crippen molar-refractivity contribution in [3.8, 4) is 0 Å². The summed E-state index contributed by atoms with van der Waals surface area (Å²) in [6.45, 7) is 1.41. The zero-order valence-corrected chi connectivity index (χ0v) is 65.2. The number of unbranched alkanes of at least 4 members (excludes halogenated alkanes) is 30. The first-order chi connectivity index (χ1) is 52.6. The van der Waals surface area contributed by atoms with Crippen molar-refractivity contribution in [3.63, 3.8) is 0 Å². The van der Waals surface area contributed by atoms with Gasteiger partial charge in [0.25, 0.3) is 0 Å². The maximum absolute atomic E-state index is 13.5. The van der Waals surface area contributed by atoms with E-state index in [1.54, 1.807) is 6.08 Å². The highest BCUT2D eigenvalue weighted by Crippen LogP contribution is 2.37. The van der Waals surface area contributed by atoms with Gasteiger partial charge in [-0.3, -0.25) is 14.4 Å². The minimum Gasteiger partial charge on any atom is -0.394 e. The number of aliphatic hydroxyl groups is 15. The third-order valence-corrected chi connectivity index (χ3v) is 21.3. The lowest BCUT2D eigenvalue weighted by Gasteiger charge is -2.50. The number of amides is 3. The molecule has 0 radical (unpaired) electrons. The van der Waals surface area contributed by atoms with Gasteiger partial charge in [-0.1, -0.05) is 205 Å². The lowest BCUT2D eigenvalue weighted by atomic mass is 9.93. The molecule has 5 heterocycles. The summed E-state index contributed by atoms with van der Waals surface area (Å²) in [5, 5.41) is 175. The maximum Gasteiger partial charge on any atom is 0.220 e. The van der Waals surface area contributed by atoms with Crippen LogP contribution in [0.4, 0.5) is 0 Å². The van der Waals surface area contributed by atoms with Crippen LogP contribution in [-0.4, -0.2) is 300 Å². The summed E-state index contributed by atoms with van der Waals surface area (Å²) in [5.74, 6) is -1.87. The molecule has 0 aromatic heterocycles. The van der Waals surface area contributed by atoms with Crippen LogP contribution in [-0.2, 0) is 61.8 Å². The third-order valence-electron chi connectivity index (χ3n) is 21.3. The Labute approximate surface area is 645 Å². The molecule has 0 saturated carbocycles. The normalized spacial score (nSPS) is 33.7. The lowest BCUT2D eigenvalue weighted by molar-refractivity contribution is -0.388. The van der Waals surface area contributed by atoms with E-state index in [0.29, 0.717) is 12.8 Å². The van der Waals surface area contributed by atoms with Crippen molar-refractivity contribution in [3.05, 3.63) is 24.3 Å². The van der Waals surface area contributed by atoms with Crippen LogP contribution in [0.2, 0.25) is 0 Å². The zero-order valence-electron chi connectivity index (χ0n) is 65.2. The molecule has 31 heteroatoms. The molecule has 27 atom stereocenters. The number of nitrogens with one attached hydrogen (secondary N) is 3. The molecule has 10 unspecified atom stereocenters. The Morgan fingerprint density at radius 1 is 0.358 bits per heavy atom. The molecule has 5 saturated heterocycles. The summed E-state index contributed by atoms with van der Waals surface area (Å²) < 4.78 is 59.1. The molecule has 636 valence electrons. The largest absolute Gasteiger partial charge is 0.394 e. The number of carbonyl (C=O) groups excluding carboxylic acids is 3. The van der Waals surface area contributed by atoms with Crippen LogP contribution in [0.25, 0.3) is 0 Å². The molecule has 18 N–H and O–H groups in total. The van der Waals surface area contributed by atoms with E-state index in [1.165, 1.54) is 148 Å². The molecular formula is C78H141N3O28. The Bertz CT molecular complexity index is 2460. The number of hydrogen-bond donors (Lipinski definition) is 18. The van der Waals surface area contributed by atoms with Crippen molar-refractivity contribution in [2.24, 2.45) is 0 Å². The van der Waals surface area contributed by atoms with Crippen LogP contribution < -0.4 is 16.0 Å². The number of hydrogen-bond acceptors (Lipinski definition) is 28. The van der Waals surface area contributed by atoms with Gasteiger partial charge in [0.2, 0.25) is 17.7 Å². The third kappa shape index (κ3) is 32.8. The van der Waals surface area contributed by atoms with Crippen LogP contribution in [0.5, 0.6) is 0 Å². The number of allylic oxidation sites excluding steroid dienone is 3. The summed E-state index contributed by atoms with van der Waals surface area (Å²) in [4.78, 5) is 38.6. The fourth-order valence-corrected chi connectivity index (χ4v) is 14.7. The minimum absolute atomic E-state index is 0.193. The Morgan fingerprint density at radius 2 is 0.697 bits per heavy atom. The van der Waals surface area contributed by atoms with Gasteiger partial charge in [-0.15, -0.1) is 0 Å². The number of aliphatic hydroxyl groups excluding tert-OH is 15. The fraction of sp³-hybridized carbons (Fsp3) is 0.910. The summed E-state index contributed by atoms with van der Waals surface area (Å²) in [5.41, 5.74) is 0. The highest BCUT2D eigenvalue weighted by molar-refractivity contribution is 5.76. The van der Waals surface area contributed by atoms with E-state index in [1.807, 2.05) is 6.08 Å². The average Bonchev–Trinajstić information content (AvgIpc) is 0.770. The molecule has 31 nitrogen and oxygen atoms in total. The quantitative estimate of drug-likeness (QED) is 0.0307. The SMILES string of the molecule is CCCCCCCC/C=C\CCCCCCCCCCCCCCCC(=O)N[C@@H](CO[C@@H]1OC(CO)[C@@H](O[C@@H]2OC(CO)[C@H](O[C@@H]3OC(CO)[C@H](O)[C@H](O[C@@H]4OC(CO)[C@H](O)[C@H](O[C@@H]5OC(CO)[C@H](O)[C@H](O)C5NC(C)=O)C4NC(C)=O)C3O)[C@H](O)C2O)[C@H](O)C1O)[C@H](O)/C=C/CCCCCCCCCCCCC. The molecule has 0 bridgehead atoms. The van der Waals surface area contributed by atoms with Gasteiger partial charge in [0.1, 0.15) is 122 Å². The first kappa shape index (κ1) is 96.5. The van der Waals surface area contributed by atoms with E-state index >= 15 is 0 Å². The van der Waals surface area contributed by atoms with Crippen molar-refractivity contribution in [1.29, 1.82) is 0 Å². The van der Waals surface area contributed by atoms with Crippen LogP contribution >= 0.6 is 0 Å². The molecule has 5 aliphatic heterocycles. The first-order valence-corrected chi connectivity index (χ1v) is 41.1. The molecule has 0 aromatic carbocycles. The Balaban J connectivity index is 1.15. The molecule has 0 aliphatic carbocycles. The molecule has 109 heavy (non-hydrogen) atoms. The van der Waals surface area contributed by atoms with Crippen molar-refractivity contribution in [2.75, 3.05) is 39.6 Å². The summed E-state index contributed by atoms with van der Waals surface area (Å²) in [7, 11) is 0. The first-order valence-electron chi connectivity index (χ1n) is 41.1. The van der Waals surface area contributed by atoms with Crippen molar-refractivity contribution in [1.82, 2.24) is 16.0 Å². The van der Waals surface area contributed by atoms with Gasteiger partial charge in [0.15, 0.2) is 31.5 Å². The smallest absolute Gasteiger partial charge is 0.220 e. The Morgan fingerprint density at radius 3 is 1.15 bits per heavy atom. The maximum atomic E-state index is 13.5. The van der Waals surface area contributed by atoms with Gasteiger partial charge in [-0.25, -0.2) is 0 Å². The summed E-state index contributed by atoms with van der Waals surface area (Å²) in [6.07, 6.45) is 3.01. The van der Waals surface area contributed by atoms with E-state index in [4.69, 9.17) is 47.4 Å². The number of ether oxygens (including phenoxy) is 10. The molecule has 3 amide bonds. The van der Waals surface area contributed by atoms with Gasteiger partial charge < -0.3 is 140 Å². The molecule has 5 aliphatic rings. The van der Waals surface area contributed by atoms with Crippen LogP contribution in [0, 0.1) is 0 Å². The monoisotopic (exact) mass is 1570 g/mol. The molecular weight excluding hydrogens is 1430 g/mol. The number of carbonyl (C=O) groups is 3. The second-order valence-corrected chi connectivity index (χ2v) is 30.3. The fourth-order valence-electron chi connectivity index (χ4n) is 14.7. The standard InChI is InChI=1S/C78H141N3O28/c1-5-7-9-11-13-15-17-19-20-21-22-23-24-25-26-27-28-30-32-34-36-38-40-42-58(90)81-51(52(89)41-39-37-35-33-31-29-18-16-14-12-10-8-6-2)48-100-76-67(97)65(95)70(56(46-85)104-76)106-77-68(98)66(96)71(57(47-86)105-77)107-78-69(99)73(63(93)55(45-84)103-78)109-75-60(80-50(4)88)72(62(92)54(44-83)102-75)108-74-59(79-49(3)87)64(94)61(91)53(43-82)101-74/h19-20,39,41,51-57,59-78,82-86,89,91-99H,5-18,21-38,40,42-48H2,1-4H3,(H,79,87)(H,80,88)(H,81,90)/b20-19-,41-39+/t51-,52+,53?,54?,55?,56?,57?,59?,60?,61-,62-,63-,64+,65+,66+,67?,68?,69?,70+,71-,72+,73-,74-,75-,76+,77-,78-/m0/s1. The highest BCUT2D eigenvalue weighted by atomic mass is 16.8. The number of rotatable bonds is 56. The highest BCUT2D eigenvalue weighted by Gasteiger charge is 2.57. The van der Waals surface area contributed by atoms with Crippen LogP contribution in [0.3, 0.4) is 0 Å². The van der Waals surface area contributed by atoms with E-state index in [-0.39, 0.29) is 12.3 Å². The topological polar surface area (TPSA) is 483 Å². The summed E-state index contributed by atoms with van der Waals surface area (Å²) >= 11 is 0. The van der Waals surface area contributed by atoms with Gasteiger partial charge in [-0.05, 0) is 44.9 Å². The van der Waals surface area contributed by atoms with Gasteiger partial charge in [0.05, 0.1) is 51.8 Å². The molecule has 0 aromatic rings. The second kappa shape index (κ2) is 54.7. The molecule has 5 fully saturated rings. The summed E-state index contributed by atoms with van der Waals surface area (Å²) in [6, 6.07) is -4.33. The minimum atomic E-state index is -2.20. The van der Waals surface area contributed by atoms with E-state index in [2.05, 4.69) is 41.9 Å². The van der Waals surface area contributed by atoms with Gasteiger partial charge in [-0.2, -0.15) is 0 Å². The van der Waals surface area contributed by atoms with Gasteiger partial charge in [0, 0.05) is 20.3 Å². The molecule has 0 spiro atoms. The van der Waals surface area contributed by atoms with Crippen molar-refractivity contribution in [2.45, 2.75) is 412 Å². The Hall–Kier alpha value is -3.11. The second-order valence-electron chi connectivity index (χ2n) is 30.3. The van der Waals surface area contributed by atoms with Crippen LogP contribution in [0.15, 0.2) is 24.3 Å².